The molecule has 3 aromatic carbocycles. The molecule has 5 aromatic rings. The van der Waals surface area contributed by atoms with Crippen LogP contribution in [-0.4, -0.2) is 14.7 Å². The molecule has 1 fully saturated rings. The average Bonchev–Trinajstić information content (AvgIpc) is 3.45. The molecule has 2 atom stereocenters. The molecule has 0 saturated carbocycles. The molecule has 5 nitrogen and oxygen atoms in total. The van der Waals surface area contributed by atoms with Crippen molar-refractivity contribution in [2.24, 2.45) is 0 Å². The van der Waals surface area contributed by atoms with Crippen molar-refractivity contribution in [1.29, 1.82) is 0 Å². The molecule has 1 aliphatic heterocycles. The Morgan fingerprint density at radius 2 is 1.55 bits per heavy atom. The fourth-order valence-electron chi connectivity index (χ4n) is 5.47. The van der Waals surface area contributed by atoms with Crippen LogP contribution in [0.1, 0.15) is 40.3 Å². The number of benzene rings is 3. The van der Waals surface area contributed by atoms with E-state index >= 15 is 0 Å². The lowest BCUT2D eigenvalue weighted by molar-refractivity contribution is 0.482. The summed E-state index contributed by atoms with van der Waals surface area (Å²) in [6, 6.07) is 32.6. The van der Waals surface area contributed by atoms with Crippen LogP contribution in [0.4, 0.5) is 5.69 Å². The average molecular weight is 610 g/mol. The van der Waals surface area contributed by atoms with Gasteiger partial charge < -0.3 is 19.5 Å². The number of aromatic nitrogens is 2. The van der Waals surface area contributed by atoms with E-state index in [1.165, 1.54) is 11.1 Å². The maximum absolute atomic E-state index is 6.09. The standard InChI is InChI=1S/C33H29BrN4OS/c1-21-10-14-27(15-11-21)39-28-16-12-25(13-17-28)38-32(31(36-33(38)40)30-9-4-5-18-35-30)29-19-22(2)37(23(29)3)26-8-6-7-24(34)20-26/h4-20,31-32H,1-3H3,(H,36,40)/t31-,32-/m0/s1. The molecular weight excluding hydrogens is 580 g/mol. The van der Waals surface area contributed by atoms with Gasteiger partial charge in [-0.05, 0) is 111 Å². The number of aryl methyl sites for hydroxylation is 2. The molecule has 0 amide bonds. The van der Waals surface area contributed by atoms with Crippen LogP contribution in [0, 0.1) is 20.8 Å². The van der Waals surface area contributed by atoms with Crippen LogP contribution in [0.15, 0.2) is 108 Å². The smallest absolute Gasteiger partial charge is 0.174 e. The van der Waals surface area contributed by atoms with Crippen LogP contribution in [-0.2, 0) is 0 Å². The van der Waals surface area contributed by atoms with Crippen LogP contribution in [0.3, 0.4) is 0 Å². The molecule has 40 heavy (non-hydrogen) atoms. The number of ether oxygens (including phenoxy) is 1. The summed E-state index contributed by atoms with van der Waals surface area (Å²) in [6.45, 7) is 6.39. The van der Waals surface area contributed by atoms with Gasteiger partial charge in [0, 0.05) is 33.4 Å². The van der Waals surface area contributed by atoms with E-state index in [2.05, 4.69) is 93.9 Å². The van der Waals surface area contributed by atoms with E-state index in [9.17, 15) is 0 Å². The number of nitrogens with zero attached hydrogens (tertiary/aromatic N) is 3. The third kappa shape index (κ3) is 5.03. The molecule has 1 aliphatic rings. The second kappa shape index (κ2) is 10.9. The number of anilines is 1. The molecule has 0 aliphatic carbocycles. The number of hydrogen-bond acceptors (Lipinski definition) is 3. The van der Waals surface area contributed by atoms with Crippen LogP contribution >= 0.6 is 28.1 Å². The first kappa shape index (κ1) is 26.3. The molecule has 3 heterocycles. The molecule has 2 aromatic heterocycles. The minimum absolute atomic E-state index is 0.0987. The number of halogens is 1. The molecule has 1 saturated heterocycles. The summed E-state index contributed by atoms with van der Waals surface area (Å²) < 4.78 is 9.44. The lowest BCUT2D eigenvalue weighted by Crippen LogP contribution is -2.29. The van der Waals surface area contributed by atoms with Gasteiger partial charge in [-0.3, -0.25) is 4.98 Å². The first-order chi connectivity index (χ1) is 19.4. The lowest BCUT2D eigenvalue weighted by Gasteiger charge is -2.28. The fourth-order valence-corrected chi connectivity index (χ4v) is 6.20. The van der Waals surface area contributed by atoms with Crippen molar-refractivity contribution in [3.63, 3.8) is 0 Å². The van der Waals surface area contributed by atoms with Gasteiger partial charge in [0.25, 0.3) is 0 Å². The molecule has 7 heteroatoms. The van der Waals surface area contributed by atoms with Crippen LogP contribution in [0.5, 0.6) is 11.5 Å². The van der Waals surface area contributed by atoms with Crippen LogP contribution in [0.25, 0.3) is 5.69 Å². The minimum atomic E-state index is -0.117. The molecule has 0 bridgehead atoms. The fraction of sp³-hybridized carbons (Fsp3) is 0.152. The van der Waals surface area contributed by atoms with E-state index in [-0.39, 0.29) is 12.1 Å². The van der Waals surface area contributed by atoms with E-state index in [4.69, 9.17) is 21.9 Å². The minimum Gasteiger partial charge on any atom is -0.457 e. The zero-order valence-corrected chi connectivity index (χ0v) is 24.9. The van der Waals surface area contributed by atoms with Gasteiger partial charge in [-0.2, -0.15) is 0 Å². The predicted octanol–water partition coefficient (Wildman–Crippen LogP) is 8.53. The number of rotatable bonds is 6. The Morgan fingerprint density at radius 1 is 0.825 bits per heavy atom. The third-order valence-corrected chi connectivity index (χ3v) is 8.13. The second-order valence-electron chi connectivity index (χ2n) is 10.0. The van der Waals surface area contributed by atoms with E-state index in [0.29, 0.717) is 5.11 Å². The molecule has 6 rings (SSSR count). The van der Waals surface area contributed by atoms with Crippen LogP contribution in [0.2, 0.25) is 0 Å². The van der Waals surface area contributed by atoms with Gasteiger partial charge in [-0.15, -0.1) is 0 Å². The second-order valence-corrected chi connectivity index (χ2v) is 11.3. The number of thiocarbonyl (C=S) groups is 1. The summed E-state index contributed by atoms with van der Waals surface area (Å²) in [5, 5.41) is 4.25. The zero-order chi connectivity index (χ0) is 27.8. The van der Waals surface area contributed by atoms with Gasteiger partial charge in [0.2, 0.25) is 0 Å². The summed E-state index contributed by atoms with van der Waals surface area (Å²) in [7, 11) is 0. The molecule has 0 spiro atoms. The Bertz CT molecular complexity index is 1670. The van der Waals surface area contributed by atoms with Gasteiger partial charge in [-0.1, -0.05) is 45.8 Å². The summed E-state index contributed by atoms with van der Waals surface area (Å²) in [6.07, 6.45) is 1.84. The van der Waals surface area contributed by atoms with Gasteiger partial charge in [0.1, 0.15) is 11.5 Å². The topological polar surface area (TPSA) is 42.3 Å². The van der Waals surface area contributed by atoms with Crippen molar-refractivity contribution in [2.45, 2.75) is 32.9 Å². The highest BCUT2D eigenvalue weighted by Gasteiger charge is 2.42. The normalized spacial score (nSPS) is 16.7. The van der Waals surface area contributed by atoms with Gasteiger partial charge >= 0.3 is 0 Å². The van der Waals surface area contributed by atoms with Crippen molar-refractivity contribution < 1.29 is 4.74 Å². The van der Waals surface area contributed by atoms with E-state index in [1.807, 2.05) is 60.8 Å². The summed E-state index contributed by atoms with van der Waals surface area (Å²) in [5.41, 5.74) is 7.77. The van der Waals surface area contributed by atoms with Crippen molar-refractivity contribution in [3.8, 4) is 17.2 Å². The number of hydrogen-bond donors (Lipinski definition) is 1. The van der Waals surface area contributed by atoms with Crippen molar-refractivity contribution in [1.82, 2.24) is 14.9 Å². The summed E-state index contributed by atoms with van der Waals surface area (Å²) in [4.78, 5) is 6.92. The third-order valence-electron chi connectivity index (χ3n) is 7.32. The maximum atomic E-state index is 6.09. The summed E-state index contributed by atoms with van der Waals surface area (Å²) >= 11 is 9.60. The van der Waals surface area contributed by atoms with E-state index in [0.717, 1.165) is 44.4 Å². The quantitative estimate of drug-likeness (QED) is 0.196. The molecule has 1 N–H and O–H groups in total. The van der Waals surface area contributed by atoms with Gasteiger partial charge in [0.05, 0.1) is 17.8 Å². The zero-order valence-electron chi connectivity index (χ0n) is 22.5. The first-order valence-electron chi connectivity index (χ1n) is 13.2. The molecule has 0 radical (unpaired) electrons. The van der Waals surface area contributed by atoms with Gasteiger partial charge in [0.15, 0.2) is 5.11 Å². The highest BCUT2D eigenvalue weighted by atomic mass is 79.9. The molecule has 0 unspecified atom stereocenters. The van der Waals surface area contributed by atoms with Crippen molar-refractivity contribution in [2.75, 3.05) is 4.90 Å². The summed E-state index contributed by atoms with van der Waals surface area (Å²) in [5.74, 6) is 1.58. The van der Waals surface area contributed by atoms with E-state index < -0.39 is 0 Å². The SMILES string of the molecule is Cc1ccc(Oc2ccc(N3C(=S)N[C@@H](c4ccccn4)[C@@H]3c3cc(C)n(-c4cccc(Br)c4)c3C)cc2)cc1. The Kier molecular flexibility index (Phi) is 7.17. The molecular formula is C33H29BrN4OS. The maximum Gasteiger partial charge on any atom is 0.174 e. The largest absolute Gasteiger partial charge is 0.457 e. The highest BCUT2D eigenvalue weighted by Crippen LogP contribution is 2.44. The highest BCUT2D eigenvalue weighted by molar-refractivity contribution is 9.10. The van der Waals surface area contributed by atoms with E-state index in [1.54, 1.807) is 0 Å². The lowest BCUT2D eigenvalue weighted by atomic mass is 9.96. The van der Waals surface area contributed by atoms with Crippen molar-refractivity contribution in [3.05, 3.63) is 136 Å². The Balaban J connectivity index is 1.41. The van der Waals surface area contributed by atoms with Crippen molar-refractivity contribution >= 4 is 38.9 Å². The first-order valence-corrected chi connectivity index (χ1v) is 14.4. The Morgan fingerprint density at radius 3 is 2.23 bits per heavy atom. The monoisotopic (exact) mass is 608 g/mol. The molecule has 200 valence electrons. The number of pyridine rings is 1. The van der Waals surface area contributed by atoms with Crippen LogP contribution < -0.4 is 15.0 Å². The van der Waals surface area contributed by atoms with Gasteiger partial charge in [-0.25, -0.2) is 0 Å². The predicted molar refractivity (Wildman–Crippen MR) is 169 cm³/mol. The number of nitrogens with one attached hydrogen (secondary N) is 1. The Hall–Kier alpha value is -3.94. The Labute approximate surface area is 248 Å².